The molecule has 1 saturated heterocycles. The predicted octanol–water partition coefficient (Wildman–Crippen LogP) is 2.56. The van der Waals surface area contributed by atoms with Gasteiger partial charge in [0.25, 0.3) is 0 Å². The van der Waals surface area contributed by atoms with Crippen LogP contribution in [-0.2, 0) is 22.4 Å². The minimum absolute atomic E-state index is 0.119. The third kappa shape index (κ3) is 4.19. The number of ether oxygens (including phenoxy) is 1. The summed E-state index contributed by atoms with van der Waals surface area (Å²) in [5, 5.41) is 0. The average molecular weight is 345 g/mol. The first-order valence-corrected chi connectivity index (χ1v) is 9.14. The molecule has 5 nitrogen and oxygen atoms in total. The maximum atomic E-state index is 12.7. The number of morpholine rings is 1. The van der Waals surface area contributed by atoms with Gasteiger partial charge in [-0.1, -0.05) is 0 Å². The molecule has 1 fully saturated rings. The van der Waals surface area contributed by atoms with Gasteiger partial charge < -0.3 is 9.64 Å². The Hall–Kier alpha value is -1.79. The molecule has 1 amide bonds. The Kier molecular flexibility index (Phi) is 5.58. The fraction of sp³-hybridized carbons (Fsp3) is 0.500. The monoisotopic (exact) mass is 345 g/mol. The van der Waals surface area contributed by atoms with Crippen LogP contribution < -0.4 is 0 Å². The Bertz CT molecular complexity index is 701. The number of hydrogen-bond donors (Lipinski definition) is 0. The molecule has 0 radical (unpaired) electrons. The number of thiophene rings is 1. The maximum Gasteiger partial charge on any atom is 0.228 e. The molecule has 0 aromatic carbocycles. The zero-order chi connectivity index (χ0) is 16.9. The van der Waals surface area contributed by atoms with Gasteiger partial charge in [0.05, 0.1) is 37.1 Å². The summed E-state index contributed by atoms with van der Waals surface area (Å²) in [7, 11) is 0. The molecule has 1 aliphatic heterocycles. The highest BCUT2D eigenvalue weighted by atomic mass is 32.1. The first-order chi connectivity index (χ1) is 11.6. The van der Waals surface area contributed by atoms with Gasteiger partial charge in [-0.3, -0.25) is 14.8 Å². The van der Waals surface area contributed by atoms with Gasteiger partial charge in [-0.2, -0.15) is 0 Å². The smallest absolute Gasteiger partial charge is 0.228 e. The third-order valence-electron chi connectivity index (χ3n) is 4.37. The summed E-state index contributed by atoms with van der Waals surface area (Å²) in [6, 6.07) is 4.24. The lowest BCUT2D eigenvalue weighted by molar-refractivity contribution is -0.139. The normalized spacial score (nSPS) is 17.9. The molecular weight excluding hydrogens is 322 g/mol. The molecule has 0 bridgehead atoms. The second kappa shape index (κ2) is 7.85. The van der Waals surface area contributed by atoms with Gasteiger partial charge >= 0.3 is 0 Å². The SMILES string of the molecule is Cc1ccc(CC(=O)N2CCOCC2CCc2nccnc2C)s1. The third-order valence-corrected chi connectivity index (χ3v) is 5.37. The lowest BCUT2D eigenvalue weighted by Gasteiger charge is -2.35. The molecule has 2 aromatic rings. The highest BCUT2D eigenvalue weighted by Crippen LogP contribution is 2.19. The van der Waals surface area contributed by atoms with Crippen LogP contribution in [0, 0.1) is 13.8 Å². The second-order valence-corrected chi connectivity index (χ2v) is 7.50. The quantitative estimate of drug-likeness (QED) is 0.836. The summed E-state index contributed by atoms with van der Waals surface area (Å²) in [5.74, 6) is 0.195. The molecule has 1 aliphatic rings. The van der Waals surface area contributed by atoms with Gasteiger partial charge in [0.15, 0.2) is 0 Å². The van der Waals surface area contributed by atoms with Crippen LogP contribution >= 0.6 is 11.3 Å². The van der Waals surface area contributed by atoms with Crippen LogP contribution in [0.2, 0.25) is 0 Å². The Morgan fingerprint density at radius 1 is 1.33 bits per heavy atom. The molecule has 0 saturated carbocycles. The van der Waals surface area contributed by atoms with Crippen molar-refractivity contribution in [2.75, 3.05) is 19.8 Å². The van der Waals surface area contributed by atoms with Crippen molar-refractivity contribution >= 4 is 17.2 Å². The Balaban J connectivity index is 1.62. The van der Waals surface area contributed by atoms with Crippen molar-refractivity contribution in [2.24, 2.45) is 0 Å². The Morgan fingerprint density at radius 2 is 2.17 bits per heavy atom. The van der Waals surface area contributed by atoms with Crippen molar-refractivity contribution in [2.45, 2.75) is 39.2 Å². The highest BCUT2D eigenvalue weighted by Gasteiger charge is 2.27. The highest BCUT2D eigenvalue weighted by molar-refractivity contribution is 7.12. The summed E-state index contributed by atoms with van der Waals surface area (Å²) in [5.41, 5.74) is 1.96. The predicted molar refractivity (Wildman–Crippen MR) is 94.2 cm³/mol. The van der Waals surface area contributed by atoms with E-state index < -0.39 is 0 Å². The largest absolute Gasteiger partial charge is 0.377 e. The summed E-state index contributed by atoms with van der Waals surface area (Å²) in [4.78, 5) is 25.8. The molecule has 3 rings (SSSR count). The minimum atomic E-state index is 0.119. The van der Waals surface area contributed by atoms with Gasteiger partial charge in [0.1, 0.15) is 0 Å². The van der Waals surface area contributed by atoms with Crippen molar-refractivity contribution in [1.82, 2.24) is 14.9 Å². The summed E-state index contributed by atoms with van der Waals surface area (Å²) < 4.78 is 5.61. The number of amides is 1. The van der Waals surface area contributed by atoms with E-state index >= 15 is 0 Å². The molecule has 6 heteroatoms. The van der Waals surface area contributed by atoms with Gasteiger partial charge in [0, 0.05) is 28.7 Å². The number of nitrogens with zero attached hydrogens (tertiary/aromatic N) is 3. The van der Waals surface area contributed by atoms with E-state index in [2.05, 4.69) is 29.0 Å². The van der Waals surface area contributed by atoms with Gasteiger partial charge in [-0.05, 0) is 38.8 Å². The molecule has 1 atom stereocenters. The molecule has 1 unspecified atom stereocenters. The van der Waals surface area contributed by atoms with Crippen molar-refractivity contribution in [3.63, 3.8) is 0 Å². The zero-order valence-electron chi connectivity index (χ0n) is 14.2. The van der Waals surface area contributed by atoms with Crippen LogP contribution in [0.3, 0.4) is 0 Å². The van der Waals surface area contributed by atoms with Crippen molar-refractivity contribution in [3.8, 4) is 0 Å². The first-order valence-electron chi connectivity index (χ1n) is 8.32. The van der Waals surface area contributed by atoms with E-state index in [0.29, 0.717) is 26.2 Å². The van der Waals surface area contributed by atoms with E-state index in [0.717, 1.165) is 29.1 Å². The summed E-state index contributed by atoms with van der Waals surface area (Å²) in [6.07, 6.45) is 5.59. The van der Waals surface area contributed by atoms with E-state index in [1.54, 1.807) is 23.7 Å². The molecular formula is C18H23N3O2S. The zero-order valence-corrected chi connectivity index (χ0v) is 15.0. The van der Waals surface area contributed by atoms with Crippen LogP contribution in [0.15, 0.2) is 24.5 Å². The lowest BCUT2D eigenvalue weighted by Crippen LogP contribution is -2.49. The van der Waals surface area contributed by atoms with Crippen molar-refractivity contribution in [3.05, 3.63) is 45.7 Å². The lowest BCUT2D eigenvalue weighted by atomic mass is 10.1. The molecule has 0 aliphatic carbocycles. The Morgan fingerprint density at radius 3 is 2.92 bits per heavy atom. The molecule has 24 heavy (non-hydrogen) atoms. The van der Waals surface area contributed by atoms with E-state index in [1.165, 1.54) is 4.88 Å². The van der Waals surface area contributed by atoms with Crippen LogP contribution in [0.4, 0.5) is 0 Å². The van der Waals surface area contributed by atoms with Crippen molar-refractivity contribution < 1.29 is 9.53 Å². The number of rotatable bonds is 5. The van der Waals surface area contributed by atoms with Crippen LogP contribution in [0.1, 0.15) is 27.6 Å². The number of hydrogen-bond acceptors (Lipinski definition) is 5. The van der Waals surface area contributed by atoms with Crippen LogP contribution in [0.25, 0.3) is 0 Å². The van der Waals surface area contributed by atoms with E-state index in [4.69, 9.17) is 4.74 Å². The fourth-order valence-electron chi connectivity index (χ4n) is 3.04. The maximum absolute atomic E-state index is 12.7. The minimum Gasteiger partial charge on any atom is -0.377 e. The first kappa shape index (κ1) is 17.0. The number of aromatic nitrogens is 2. The van der Waals surface area contributed by atoms with E-state index in [1.807, 2.05) is 11.8 Å². The Labute approximate surface area is 146 Å². The standard InChI is InChI=1S/C18H23N3O2S/c1-13-3-5-16(24-13)11-18(22)21-9-10-23-12-15(21)4-6-17-14(2)19-7-8-20-17/h3,5,7-8,15H,4,6,9-12H2,1-2H3. The van der Waals surface area contributed by atoms with Gasteiger partial charge in [-0.25, -0.2) is 0 Å². The van der Waals surface area contributed by atoms with Gasteiger partial charge in [0.2, 0.25) is 5.91 Å². The topological polar surface area (TPSA) is 55.3 Å². The summed E-state index contributed by atoms with van der Waals surface area (Å²) >= 11 is 1.70. The van der Waals surface area contributed by atoms with Gasteiger partial charge in [-0.15, -0.1) is 11.3 Å². The number of carbonyl (C=O) groups excluding carboxylic acids is 1. The molecule has 128 valence electrons. The van der Waals surface area contributed by atoms with E-state index in [9.17, 15) is 4.79 Å². The molecule has 2 aromatic heterocycles. The van der Waals surface area contributed by atoms with Crippen molar-refractivity contribution in [1.29, 1.82) is 0 Å². The van der Waals surface area contributed by atoms with Crippen LogP contribution in [0.5, 0.6) is 0 Å². The average Bonchev–Trinajstić information content (AvgIpc) is 2.99. The summed E-state index contributed by atoms with van der Waals surface area (Å²) in [6.45, 7) is 5.94. The second-order valence-electron chi connectivity index (χ2n) is 6.13. The fourth-order valence-corrected chi connectivity index (χ4v) is 3.92. The number of aryl methyl sites for hydroxylation is 3. The molecule has 0 spiro atoms. The molecule has 3 heterocycles. The number of carbonyl (C=O) groups is 1. The molecule has 0 N–H and O–H groups in total. The van der Waals surface area contributed by atoms with E-state index in [-0.39, 0.29) is 11.9 Å². The van der Waals surface area contributed by atoms with Crippen LogP contribution in [-0.4, -0.2) is 46.6 Å².